The third kappa shape index (κ3) is 1.58. The second-order valence-corrected chi connectivity index (χ2v) is 4.96. The highest BCUT2D eigenvalue weighted by atomic mass is 32.1. The van der Waals surface area contributed by atoms with Crippen LogP contribution in [0.15, 0.2) is 35.7 Å². The van der Waals surface area contributed by atoms with Gasteiger partial charge in [0.05, 0.1) is 11.4 Å². The lowest BCUT2D eigenvalue weighted by Crippen LogP contribution is -1.91. The minimum Gasteiger partial charge on any atom is -0.287 e. The average molecular weight is 242 g/mol. The third-order valence-corrected chi connectivity index (χ3v) is 3.93. The Balaban J connectivity index is 2.36. The predicted octanol–water partition coefficient (Wildman–Crippen LogP) is 3.93. The van der Waals surface area contributed by atoms with Gasteiger partial charge in [0.25, 0.3) is 0 Å². The van der Waals surface area contributed by atoms with Crippen LogP contribution in [0.25, 0.3) is 16.2 Å². The van der Waals surface area contributed by atoms with E-state index < -0.39 is 0 Å². The molecule has 3 rings (SSSR count). The molecular formula is C14H14N2S. The first-order chi connectivity index (χ1) is 8.31. The van der Waals surface area contributed by atoms with Crippen LogP contribution in [0.4, 0.5) is 0 Å². The van der Waals surface area contributed by atoms with E-state index in [9.17, 15) is 0 Å². The summed E-state index contributed by atoms with van der Waals surface area (Å²) in [4.78, 5) is 5.81. The minimum atomic E-state index is 0.970. The first-order valence-corrected chi connectivity index (χ1v) is 6.70. The Labute approximate surface area is 105 Å². The zero-order valence-corrected chi connectivity index (χ0v) is 10.8. The Morgan fingerprint density at radius 3 is 2.71 bits per heavy atom. The summed E-state index contributed by atoms with van der Waals surface area (Å²) in [5.74, 6) is 0. The van der Waals surface area contributed by atoms with E-state index in [1.807, 2.05) is 6.07 Å². The summed E-state index contributed by atoms with van der Waals surface area (Å²) in [5.41, 5.74) is 4.95. The molecule has 0 unspecified atom stereocenters. The fourth-order valence-corrected chi connectivity index (χ4v) is 3.06. The maximum absolute atomic E-state index is 4.71. The van der Waals surface area contributed by atoms with Gasteiger partial charge in [0.1, 0.15) is 0 Å². The summed E-state index contributed by atoms with van der Waals surface area (Å²) in [6.07, 6.45) is 0.970. The topological polar surface area (TPSA) is 17.3 Å². The van der Waals surface area contributed by atoms with Gasteiger partial charge >= 0.3 is 0 Å². The Morgan fingerprint density at radius 2 is 2.00 bits per heavy atom. The van der Waals surface area contributed by atoms with Gasteiger partial charge in [0, 0.05) is 16.6 Å². The second-order valence-electron chi connectivity index (χ2n) is 4.12. The molecule has 2 heterocycles. The van der Waals surface area contributed by atoms with Gasteiger partial charge in [0.2, 0.25) is 0 Å². The smallest absolute Gasteiger partial charge is 0.194 e. The molecule has 0 radical (unpaired) electrons. The quantitative estimate of drug-likeness (QED) is 0.665. The Kier molecular flexibility index (Phi) is 2.48. The molecule has 3 heteroatoms. The molecule has 86 valence electrons. The van der Waals surface area contributed by atoms with Crippen molar-refractivity contribution in [2.75, 3.05) is 0 Å². The summed E-state index contributed by atoms with van der Waals surface area (Å²) in [6, 6.07) is 10.5. The van der Waals surface area contributed by atoms with Crippen molar-refractivity contribution in [2.24, 2.45) is 0 Å². The van der Waals surface area contributed by atoms with Gasteiger partial charge in [-0.15, -0.1) is 11.3 Å². The van der Waals surface area contributed by atoms with Crippen LogP contribution >= 0.6 is 11.3 Å². The summed E-state index contributed by atoms with van der Waals surface area (Å²) in [5, 5.41) is 2.16. The van der Waals surface area contributed by atoms with Gasteiger partial charge in [0.15, 0.2) is 4.96 Å². The van der Waals surface area contributed by atoms with E-state index in [-0.39, 0.29) is 0 Å². The molecular weight excluding hydrogens is 228 g/mol. The SMILES string of the molecule is CCc1nc2scc(C)n2c1-c1ccccc1. The molecule has 0 N–H and O–H groups in total. The first kappa shape index (κ1) is 10.5. The van der Waals surface area contributed by atoms with Gasteiger partial charge in [-0.25, -0.2) is 4.98 Å². The van der Waals surface area contributed by atoms with Crippen molar-refractivity contribution in [1.82, 2.24) is 9.38 Å². The second kappa shape index (κ2) is 4.00. The molecule has 0 saturated carbocycles. The molecule has 0 aliphatic heterocycles. The molecule has 0 fully saturated rings. The molecule has 2 nitrogen and oxygen atoms in total. The fraction of sp³-hybridized carbons (Fsp3) is 0.214. The van der Waals surface area contributed by atoms with Crippen molar-refractivity contribution < 1.29 is 0 Å². The molecule has 0 amide bonds. The molecule has 0 bridgehead atoms. The van der Waals surface area contributed by atoms with Crippen LogP contribution in [-0.4, -0.2) is 9.38 Å². The monoisotopic (exact) mass is 242 g/mol. The molecule has 17 heavy (non-hydrogen) atoms. The highest BCUT2D eigenvalue weighted by Crippen LogP contribution is 2.29. The number of rotatable bonds is 2. The number of aromatic nitrogens is 2. The van der Waals surface area contributed by atoms with E-state index in [4.69, 9.17) is 4.98 Å². The fourth-order valence-electron chi connectivity index (χ4n) is 2.18. The zero-order chi connectivity index (χ0) is 11.8. The molecule has 1 aromatic carbocycles. The summed E-state index contributed by atoms with van der Waals surface area (Å²) in [7, 11) is 0. The van der Waals surface area contributed by atoms with E-state index in [1.165, 1.54) is 22.6 Å². The van der Waals surface area contributed by atoms with Crippen LogP contribution < -0.4 is 0 Å². The Bertz CT molecular complexity index is 649. The van der Waals surface area contributed by atoms with Crippen molar-refractivity contribution in [1.29, 1.82) is 0 Å². The lowest BCUT2D eigenvalue weighted by molar-refractivity contribution is 1.07. The maximum Gasteiger partial charge on any atom is 0.194 e. The highest BCUT2D eigenvalue weighted by molar-refractivity contribution is 7.15. The van der Waals surface area contributed by atoms with Crippen LogP contribution in [0.3, 0.4) is 0 Å². The number of hydrogen-bond donors (Lipinski definition) is 0. The summed E-state index contributed by atoms with van der Waals surface area (Å²) in [6.45, 7) is 4.30. The van der Waals surface area contributed by atoms with Crippen LogP contribution in [0, 0.1) is 6.92 Å². The summed E-state index contributed by atoms with van der Waals surface area (Å²) >= 11 is 1.71. The normalized spacial score (nSPS) is 11.2. The van der Waals surface area contributed by atoms with E-state index in [2.05, 4.69) is 47.9 Å². The van der Waals surface area contributed by atoms with E-state index >= 15 is 0 Å². The molecule has 0 atom stereocenters. The van der Waals surface area contributed by atoms with Crippen molar-refractivity contribution in [3.8, 4) is 11.3 Å². The lowest BCUT2D eigenvalue weighted by atomic mass is 10.1. The number of aryl methyl sites for hydroxylation is 2. The molecule has 0 aliphatic rings. The number of hydrogen-bond acceptors (Lipinski definition) is 2. The minimum absolute atomic E-state index is 0.970. The molecule has 2 aromatic heterocycles. The highest BCUT2D eigenvalue weighted by Gasteiger charge is 2.14. The van der Waals surface area contributed by atoms with Crippen LogP contribution in [0.1, 0.15) is 18.3 Å². The van der Waals surface area contributed by atoms with E-state index in [1.54, 1.807) is 11.3 Å². The van der Waals surface area contributed by atoms with Crippen molar-refractivity contribution in [3.63, 3.8) is 0 Å². The van der Waals surface area contributed by atoms with E-state index in [0.29, 0.717) is 0 Å². The number of nitrogens with zero attached hydrogens (tertiary/aromatic N) is 2. The first-order valence-electron chi connectivity index (χ1n) is 5.82. The van der Waals surface area contributed by atoms with Gasteiger partial charge in [-0.05, 0) is 13.3 Å². The third-order valence-electron chi connectivity index (χ3n) is 2.99. The van der Waals surface area contributed by atoms with Crippen molar-refractivity contribution >= 4 is 16.3 Å². The van der Waals surface area contributed by atoms with E-state index in [0.717, 1.165) is 11.4 Å². The number of fused-ring (bicyclic) bond motifs is 1. The number of imidazole rings is 1. The number of thiazole rings is 1. The summed E-state index contributed by atoms with van der Waals surface area (Å²) < 4.78 is 2.26. The van der Waals surface area contributed by atoms with Gasteiger partial charge in [-0.3, -0.25) is 4.40 Å². The molecule has 0 aliphatic carbocycles. The van der Waals surface area contributed by atoms with Crippen LogP contribution in [0.5, 0.6) is 0 Å². The molecule has 3 aromatic rings. The van der Waals surface area contributed by atoms with Gasteiger partial charge < -0.3 is 0 Å². The van der Waals surface area contributed by atoms with Crippen LogP contribution in [-0.2, 0) is 6.42 Å². The van der Waals surface area contributed by atoms with Gasteiger partial charge in [-0.2, -0.15) is 0 Å². The Hall–Kier alpha value is -1.61. The zero-order valence-electron chi connectivity index (χ0n) is 9.97. The average Bonchev–Trinajstić information content (AvgIpc) is 2.90. The molecule has 0 saturated heterocycles. The standard InChI is InChI=1S/C14H14N2S/c1-3-12-13(11-7-5-4-6-8-11)16-10(2)9-17-14(16)15-12/h4-9H,3H2,1-2H3. The predicted molar refractivity (Wildman–Crippen MR) is 72.6 cm³/mol. The Morgan fingerprint density at radius 1 is 1.24 bits per heavy atom. The largest absolute Gasteiger partial charge is 0.287 e. The van der Waals surface area contributed by atoms with Crippen molar-refractivity contribution in [2.45, 2.75) is 20.3 Å². The van der Waals surface area contributed by atoms with Crippen LogP contribution in [0.2, 0.25) is 0 Å². The maximum atomic E-state index is 4.71. The van der Waals surface area contributed by atoms with Gasteiger partial charge in [-0.1, -0.05) is 37.3 Å². The lowest BCUT2D eigenvalue weighted by Gasteiger charge is -2.04. The number of benzene rings is 1. The van der Waals surface area contributed by atoms with Crippen molar-refractivity contribution in [3.05, 3.63) is 47.1 Å². The molecule has 0 spiro atoms.